The Bertz CT molecular complexity index is 1010. The highest BCUT2D eigenvalue weighted by atomic mass is 16.1. The third-order valence-electron chi connectivity index (χ3n) is 4.78. The summed E-state index contributed by atoms with van der Waals surface area (Å²) in [5, 5.41) is 9.57. The topological polar surface area (TPSA) is 101 Å². The van der Waals surface area contributed by atoms with Gasteiger partial charge in [0.25, 0.3) is 5.91 Å². The van der Waals surface area contributed by atoms with Crippen LogP contribution < -0.4 is 11.1 Å². The van der Waals surface area contributed by atoms with Gasteiger partial charge in [0.15, 0.2) is 0 Å². The van der Waals surface area contributed by atoms with Crippen LogP contribution in [0.3, 0.4) is 0 Å². The number of carbonyl (C=O) groups excluding carboxylic acids is 2. The molecule has 0 unspecified atom stereocenters. The van der Waals surface area contributed by atoms with Crippen molar-refractivity contribution in [3.63, 3.8) is 0 Å². The van der Waals surface area contributed by atoms with E-state index in [0.29, 0.717) is 31.0 Å². The highest BCUT2D eigenvalue weighted by Gasteiger charge is 2.11. The summed E-state index contributed by atoms with van der Waals surface area (Å²) < 4.78 is 0. The SMILES string of the molecule is CC(C)c1cccc(CC(=O)Cc2cccc(CNc3cn[nH]c3C(N)=O)c2)c1. The first-order chi connectivity index (χ1) is 13.9. The number of aromatic amines is 1. The molecule has 1 amide bonds. The number of ketones is 1. The molecule has 3 aromatic rings. The molecule has 0 atom stereocenters. The number of hydrogen-bond acceptors (Lipinski definition) is 4. The van der Waals surface area contributed by atoms with Crippen molar-refractivity contribution in [2.75, 3.05) is 5.32 Å². The number of carbonyl (C=O) groups is 2. The van der Waals surface area contributed by atoms with Crippen molar-refractivity contribution in [3.8, 4) is 0 Å². The molecule has 0 spiro atoms. The normalized spacial score (nSPS) is 10.9. The van der Waals surface area contributed by atoms with Gasteiger partial charge < -0.3 is 11.1 Å². The molecule has 0 radical (unpaired) electrons. The molecule has 0 saturated carbocycles. The second-order valence-electron chi connectivity index (χ2n) is 7.49. The highest BCUT2D eigenvalue weighted by Crippen LogP contribution is 2.17. The highest BCUT2D eigenvalue weighted by molar-refractivity contribution is 5.96. The minimum atomic E-state index is -0.564. The van der Waals surface area contributed by atoms with Gasteiger partial charge in [0.05, 0.1) is 11.9 Å². The Hall–Kier alpha value is -3.41. The molecule has 4 N–H and O–H groups in total. The average molecular weight is 390 g/mol. The van der Waals surface area contributed by atoms with E-state index in [2.05, 4.69) is 41.5 Å². The van der Waals surface area contributed by atoms with Gasteiger partial charge in [-0.3, -0.25) is 14.7 Å². The zero-order chi connectivity index (χ0) is 20.8. The fourth-order valence-electron chi connectivity index (χ4n) is 3.23. The molecular formula is C23H26N4O2. The number of nitrogens with zero attached hydrogens (tertiary/aromatic N) is 1. The molecule has 29 heavy (non-hydrogen) atoms. The van der Waals surface area contributed by atoms with E-state index in [4.69, 9.17) is 5.73 Å². The third-order valence-corrected chi connectivity index (χ3v) is 4.78. The molecule has 150 valence electrons. The van der Waals surface area contributed by atoms with Gasteiger partial charge in [-0.05, 0) is 28.2 Å². The van der Waals surface area contributed by atoms with Crippen LogP contribution >= 0.6 is 0 Å². The van der Waals surface area contributed by atoms with Gasteiger partial charge in [-0.2, -0.15) is 5.10 Å². The van der Waals surface area contributed by atoms with Gasteiger partial charge in [0.1, 0.15) is 11.5 Å². The predicted octanol–water partition coefficient (Wildman–Crippen LogP) is 3.60. The van der Waals surface area contributed by atoms with Gasteiger partial charge in [-0.1, -0.05) is 62.4 Å². The van der Waals surface area contributed by atoms with Crippen LogP contribution in [0.2, 0.25) is 0 Å². The largest absolute Gasteiger partial charge is 0.378 e. The lowest BCUT2D eigenvalue weighted by molar-refractivity contribution is -0.117. The summed E-state index contributed by atoms with van der Waals surface area (Å²) in [6.07, 6.45) is 2.34. The first-order valence-electron chi connectivity index (χ1n) is 9.67. The summed E-state index contributed by atoms with van der Waals surface area (Å²) in [7, 11) is 0. The average Bonchev–Trinajstić information content (AvgIpc) is 3.16. The van der Waals surface area contributed by atoms with Crippen LogP contribution in [0.25, 0.3) is 0 Å². The second kappa shape index (κ2) is 9.19. The lowest BCUT2D eigenvalue weighted by atomic mass is 9.97. The number of H-pyrrole nitrogens is 1. The lowest BCUT2D eigenvalue weighted by Crippen LogP contribution is -2.14. The van der Waals surface area contributed by atoms with E-state index in [-0.39, 0.29) is 11.5 Å². The molecule has 2 aromatic carbocycles. The number of primary amides is 1. The standard InChI is InChI=1S/C23H26N4O2/c1-15(2)19-8-4-6-17(10-19)12-20(28)11-16-5-3-7-18(9-16)13-25-21-14-26-27-22(21)23(24)29/h3-10,14-15,25H,11-13H2,1-2H3,(H2,24,29)(H,26,27). The van der Waals surface area contributed by atoms with Gasteiger partial charge in [0.2, 0.25) is 0 Å². The monoisotopic (exact) mass is 390 g/mol. The first kappa shape index (κ1) is 20.3. The summed E-state index contributed by atoms with van der Waals surface area (Å²) in [4.78, 5) is 23.9. The van der Waals surface area contributed by atoms with Crippen LogP contribution in [-0.4, -0.2) is 21.9 Å². The van der Waals surface area contributed by atoms with Crippen LogP contribution in [-0.2, 0) is 24.2 Å². The van der Waals surface area contributed by atoms with E-state index in [0.717, 1.165) is 16.7 Å². The number of rotatable bonds is 9. The van der Waals surface area contributed by atoms with Gasteiger partial charge in [-0.15, -0.1) is 0 Å². The minimum Gasteiger partial charge on any atom is -0.378 e. The molecule has 0 aliphatic carbocycles. The molecule has 0 fully saturated rings. The number of anilines is 1. The summed E-state index contributed by atoms with van der Waals surface area (Å²) in [6.45, 7) is 4.80. The smallest absolute Gasteiger partial charge is 0.268 e. The summed E-state index contributed by atoms with van der Waals surface area (Å²) in [6, 6.07) is 16.1. The number of nitrogens with one attached hydrogen (secondary N) is 2. The quantitative estimate of drug-likeness (QED) is 0.520. The van der Waals surface area contributed by atoms with Crippen molar-refractivity contribution in [2.24, 2.45) is 5.73 Å². The maximum absolute atomic E-state index is 12.6. The van der Waals surface area contributed by atoms with E-state index in [9.17, 15) is 9.59 Å². The molecule has 0 bridgehead atoms. The molecule has 0 aliphatic heterocycles. The molecule has 1 aromatic heterocycles. The van der Waals surface area contributed by atoms with Crippen LogP contribution in [0.5, 0.6) is 0 Å². The van der Waals surface area contributed by atoms with Gasteiger partial charge in [0, 0.05) is 19.4 Å². The Morgan fingerprint density at radius 1 is 1.03 bits per heavy atom. The van der Waals surface area contributed by atoms with Crippen LogP contribution in [0.4, 0.5) is 5.69 Å². The van der Waals surface area contributed by atoms with Gasteiger partial charge >= 0.3 is 0 Å². The third kappa shape index (κ3) is 5.54. The maximum atomic E-state index is 12.6. The Balaban J connectivity index is 1.60. The molecular weight excluding hydrogens is 364 g/mol. The Morgan fingerprint density at radius 2 is 1.69 bits per heavy atom. The number of Topliss-reactive ketones (excluding diaryl/α,β-unsaturated/α-hetero) is 1. The van der Waals surface area contributed by atoms with Crippen molar-refractivity contribution in [1.29, 1.82) is 0 Å². The van der Waals surface area contributed by atoms with E-state index in [1.54, 1.807) is 0 Å². The van der Waals surface area contributed by atoms with Crippen molar-refractivity contribution < 1.29 is 9.59 Å². The summed E-state index contributed by atoms with van der Waals surface area (Å²) in [5.74, 6) is 0.0623. The molecule has 3 rings (SSSR count). The first-order valence-corrected chi connectivity index (χ1v) is 9.67. The van der Waals surface area contributed by atoms with Gasteiger partial charge in [-0.25, -0.2) is 0 Å². The van der Waals surface area contributed by atoms with Crippen molar-refractivity contribution in [2.45, 2.75) is 39.2 Å². The number of benzene rings is 2. The lowest BCUT2D eigenvalue weighted by Gasteiger charge is -2.09. The number of nitrogens with two attached hydrogens (primary N) is 1. The van der Waals surface area contributed by atoms with Crippen molar-refractivity contribution in [3.05, 3.63) is 82.7 Å². The molecule has 0 saturated heterocycles. The van der Waals surface area contributed by atoms with E-state index >= 15 is 0 Å². The van der Waals surface area contributed by atoms with Crippen molar-refractivity contribution in [1.82, 2.24) is 10.2 Å². The van der Waals surface area contributed by atoms with E-state index in [1.807, 2.05) is 36.4 Å². The van der Waals surface area contributed by atoms with E-state index in [1.165, 1.54) is 11.8 Å². The summed E-state index contributed by atoms with van der Waals surface area (Å²) in [5.41, 5.74) is 10.4. The minimum absolute atomic E-state index is 0.182. The van der Waals surface area contributed by atoms with E-state index < -0.39 is 5.91 Å². The zero-order valence-corrected chi connectivity index (χ0v) is 16.7. The molecule has 1 heterocycles. The number of aromatic nitrogens is 2. The molecule has 6 nitrogen and oxygen atoms in total. The maximum Gasteiger partial charge on any atom is 0.268 e. The fourth-order valence-corrected chi connectivity index (χ4v) is 3.23. The predicted molar refractivity (Wildman–Crippen MR) is 114 cm³/mol. The Labute approximate surface area is 170 Å². The van der Waals surface area contributed by atoms with Crippen LogP contribution in [0.15, 0.2) is 54.7 Å². The molecule has 6 heteroatoms. The zero-order valence-electron chi connectivity index (χ0n) is 16.7. The number of amides is 1. The number of hydrogen-bond donors (Lipinski definition) is 3. The molecule has 0 aliphatic rings. The Morgan fingerprint density at radius 3 is 2.38 bits per heavy atom. The van der Waals surface area contributed by atoms with Crippen LogP contribution in [0.1, 0.15) is 52.5 Å². The fraction of sp³-hybridized carbons (Fsp3) is 0.261. The summed E-state index contributed by atoms with van der Waals surface area (Å²) >= 11 is 0. The Kier molecular flexibility index (Phi) is 6.44. The second-order valence-corrected chi connectivity index (χ2v) is 7.49. The van der Waals surface area contributed by atoms with Crippen molar-refractivity contribution >= 4 is 17.4 Å². The van der Waals surface area contributed by atoms with Crippen LogP contribution in [0, 0.1) is 0 Å².